The molecule has 0 fully saturated rings. The summed E-state index contributed by atoms with van der Waals surface area (Å²) >= 11 is 0. The van der Waals surface area contributed by atoms with Crippen LogP contribution in [0.5, 0.6) is 0 Å². The number of carbonyl (C=O) groups excluding carboxylic acids is 1. The summed E-state index contributed by atoms with van der Waals surface area (Å²) < 4.78 is 5.79. The Kier molecular flexibility index (Phi) is 3.65. The van der Waals surface area contributed by atoms with Gasteiger partial charge >= 0.3 is 0 Å². The number of hydrogen-bond donors (Lipinski definition) is 3. The van der Waals surface area contributed by atoms with Crippen molar-refractivity contribution < 1.29 is 9.42 Å². The van der Waals surface area contributed by atoms with Crippen molar-refractivity contribution in [2.24, 2.45) is 5.10 Å². The van der Waals surface area contributed by atoms with Gasteiger partial charge in [-0.05, 0) is 23.3 Å². The highest BCUT2D eigenvalue weighted by Crippen LogP contribution is 2.16. The van der Waals surface area contributed by atoms with E-state index in [-0.39, 0.29) is 17.3 Å². The van der Waals surface area contributed by atoms with Gasteiger partial charge in [0.05, 0.1) is 11.9 Å². The second-order valence-electron chi connectivity index (χ2n) is 5.40. The molecule has 0 bridgehead atoms. The quantitative estimate of drug-likeness (QED) is 0.363. The number of amides is 1. The van der Waals surface area contributed by atoms with E-state index in [1.807, 2.05) is 30.5 Å². The van der Waals surface area contributed by atoms with Gasteiger partial charge in [0.2, 0.25) is 11.6 Å². The minimum atomic E-state index is -0.514. The third-order valence-corrected chi connectivity index (χ3v) is 3.80. The Morgan fingerprint density at radius 3 is 3.04 bits per heavy atom. The summed E-state index contributed by atoms with van der Waals surface area (Å²) in [5.74, 6) is -0.307. The molecule has 0 unspecified atom stereocenters. The molecule has 3 aromatic heterocycles. The zero-order valence-corrected chi connectivity index (χ0v) is 13.5. The van der Waals surface area contributed by atoms with Crippen molar-refractivity contribution in [1.82, 2.24) is 35.7 Å². The lowest BCUT2D eigenvalue weighted by Crippen LogP contribution is -2.19. The molecule has 4 rings (SSSR count). The maximum Gasteiger partial charge on any atom is 0.293 e. The Morgan fingerprint density at radius 2 is 2.23 bits per heavy atom. The van der Waals surface area contributed by atoms with Crippen molar-refractivity contribution in [3.63, 3.8) is 0 Å². The maximum atomic E-state index is 12.3. The van der Waals surface area contributed by atoms with Crippen molar-refractivity contribution in [3.05, 3.63) is 47.4 Å². The van der Waals surface area contributed by atoms with E-state index >= 15 is 0 Å². The molecule has 0 saturated heterocycles. The number of nitrogens with zero attached hydrogens (tertiary/aromatic N) is 6. The Balaban J connectivity index is 1.52. The monoisotopic (exact) mass is 351 g/mol. The van der Waals surface area contributed by atoms with E-state index in [4.69, 9.17) is 5.73 Å². The van der Waals surface area contributed by atoms with E-state index in [0.29, 0.717) is 5.69 Å². The number of rotatable bonds is 4. The van der Waals surface area contributed by atoms with Crippen LogP contribution < -0.4 is 11.2 Å². The maximum absolute atomic E-state index is 12.3. The molecular formula is C15H13N9O2. The molecule has 0 atom stereocenters. The standard InChI is InChI=1S/C15H13N9O2/c1-8-12(19-23-24(8)14-13(16)21-26-22-14)15(25)20-18-7-9-6-17-11-5-3-2-4-10(9)11/h2-7,17H,1H3,(H2,16,21)(H,20,25)/b18-7+. The van der Waals surface area contributed by atoms with E-state index in [2.05, 4.69) is 40.8 Å². The van der Waals surface area contributed by atoms with Gasteiger partial charge in [-0.3, -0.25) is 4.79 Å². The third kappa shape index (κ3) is 2.56. The van der Waals surface area contributed by atoms with Crippen LogP contribution >= 0.6 is 0 Å². The Bertz CT molecular complexity index is 1120. The largest absolute Gasteiger partial charge is 0.378 e. The second-order valence-corrected chi connectivity index (χ2v) is 5.40. The number of benzene rings is 1. The van der Waals surface area contributed by atoms with Gasteiger partial charge in [-0.25, -0.2) is 10.1 Å². The first kappa shape index (κ1) is 15.5. The van der Waals surface area contributed by atoms with E-state index in [0.717, 1.165) is 16.5 Å². The van der Waals surface area contributed by atoms with E-state index in [1.165, 1.54) is 4.68 Å². The van der Waals surface area contributed by atoms with Crippen LogP contribution in [0.25, 0.3) is 16.7 Å². The van der Waals surface area contributed by atoms with Crippen molar-refractivity contribution in [3.8, 4) is 5.82 Å². The SMILES string of the molecule is Cc1c(C(=O)N/N=C/c2c[nH]c3ccccc23)nnn1-c1nonc1N. The second kappa shape index (κ2) is 6.12. The van der Waals surface area contributed by atoms with Crippen LogP contribution in [-0.2, 0) is 0 Å². The number of para-hydroxylation sites is 1. The minimum Gasteiger partial charge on any atom is -0.378 e. The summed E-state index contributed by atoms with van der Waals surface area (Å²) in [5, 5.41) is 19.8. The average molecular weight is 351 g/mol. The zero-order valence-electron chi connectivity index (χ0n) is 13.5. The summed E-state index contributed by atoms with van der Waals surface area (Å²) in [7, 11) is 0. The number of hydrazone groups is 1. The molecule has 0 saturated carbocycles. The highest BCUT2D eigenvalue weighted by Gasteiger charge is 2.20. The van der Waals surface area contributed by atoms with Gasteiger partial charge in [0.25, 0.3) is 5.91 Å². The smallest absolute Gasteiger partial charge is 0.293 e. The Morgan fingerprint density at radius 1 is 1.38 bits per heavy atom. The molecule has 11 heteroatoms. The lowest BCUT2D eigenvalue weighted by atomic mass is 10.2. The Labute approximate surface area is 145 Å². The van der Waals surface area contributed by atoms with E-state index in [1.54, 1.807) is 13.1 Å². The van der Waals surface area contributed by atoms with Crippen LogP contribution in [0.4, 0.5) is 5.82 Å². The van der Waals surface area contributed by atoms with Gasteiger partial charge in [-0.1, -0.05) is 23.4 Å². The molecule has 0 radical (unpaired) electrons. The van der Waals surface area contributed by atoms with Crippen molar-refractivity contribution in [2.75, 3.05) is 5.73 Å². The predicted molar refractivity (Wildman–Crippen MR) is 91.7 cm³/mol. The topological polar surface area (TPSA) is 153 Å². The molecule has 0 aliphatic rings. The highest BCUT2D eigenvalue weighted by molar-refractivity contribution is 6.00. The van der Waals surface area contributed by atoms with Crippen molar-refractivity contribution in [1.29, 1.82) is 0 Å². The van der Waals surface area contributed by atoms with Gasteiger partial charge in [-0.15, -0.1) is 5.10 Å². The number of nitrogens with two attached hydrogens (primary N) is 1. The number of fused-ring (bicyclic) bond motifs is 1. The van der Waals surface area contributed by atoms with Crippen LogP contribution in [0.15, 0.2) is 40.2 Å². The fraction of sp³-hybridized carbons (Fsp3) is 0.0667. The summed E-state index contributed by atoms with van der Waals surface area (Å²) in [4.78, 5) is 15.4. The third-order valence-electron chi connectivity index (χ3n) is 3.80. The lowest BCUT2D eigenvalue weighted by Gasteiger charge is -1.99. The van der Waals surface area contributed by atoms with Gasteiger partial charge in [0.1, 0.15) is 0 Å². The number of hydrogen-bond acceptors (Lipinski definition) is 8. The molecule has 11 nitrogen and oxygen atoms in total. The van der Waals surface area contributed by atoms with Crippen molar-refractivity contribution in [2.45, 2.75) is 6.92 Å². The lowest BCUT2D eigenvalue weighted by molar-refractivity contribution is 0.0949. The molecule has 1 aromatic carbocycles. The molecule has 1 amide bonds. The first-order valence-electron chi connectivity index (χ1n) is 7.55. The number of nitrogens with one attached hydrogen (secondary N) is 2. The fourth-order valence-corrected chi connectivity index (χ4v) is 2.49. The number of aromatic amines is 1. The van der Waals surface area contributed by atoms with Crippen LogP contribution in [-0.4, -0.2) is 42.4 Å². The van der Waals surface area contributed by atoms with Crippen LogP contribution in [0.1, 0.15) is 21.7 Å². The zero-order chi connectivity index (χ0) is 18.1. The molecule has 0 aliphatic carbocycles. The number of anilines is 1. The first-order chi connectivity index (χ1) is 12.6. The summed E-state index contributed by atoms with van der Waals surface area (Å²) in [6.45, 7) is 1.65. The van der Waals surface area contributed by atoms with Crippen LogP contribution in [0, 0.1) is 6.92 Å². The summed E-state index contributed by atoms with van der Waals surface area (Å²) in [6, 6.07) is 7.78. The van der Waals surface area contributed by atoms with Gasteiger partial charge < -0.3 is 10.7 Å². The van der Waals surface area contributed by atoms with Gasteiger partial charge in [0, 0.05) is 22.7 Å². The Hall–Kier alpha value is -4.02. The number of nitrogen functional groups attached to an aromatic ring is 1. The minimum absolute atomic E-state index is 0.0438. The number of carbonyl (C=O) groups is 1. The molecule has 130 valence electrons. The van der Waals surface area contributed by atoms with E-state index < -0.39 is 5.91 Å². The van der Waals surface area contributed by atoms with Crippen LogP contribution in [0.3, 0.4) is 0 Å². The van der Waals surface area contributed by atoms with Crippen molar-refractivity contribution >= 4 is 28.8 Å². The van der Waals surface area contributed by atoms with Gasteiger partial charge in [0.15, 0.2) is 5.69 Å². The highest BCUT2D eigenvalue weighted by atomic mass is 16.6. The van der Waals surface area contributed by atoms with Crippen LogP contribution in [0.2, 0.25) is 0 Å². The summed E-state index contributed by atoms with van der Waals surface area (Å²) in [6.07, 6.45) is 3.36. The molecule has 0 aliphatic heterocycles. The molecule has 4 N–H and O–H groups in total. The number of aromatic nitrogens is 6. The summed E-state index contributed by atoms with van der Waals surface area (Å²) in [5.41, 5.74) is 10.4. The molecular weight excluding hydrogens is 338 g/mol. The predicted octanol–water partition coefficient (Wildman–Crippen LogP) is 0.786. The molecule has 3 heterocycles. The van der Waals surface area contributed by atoms with E-state index in [9.17, 15) is 4.79 Å². The van der Waals surface area contributed by atoms with Gasteiger partial charge in [-0.2, -0.15) is 9.78 Å². The first-order valence-corrected chi connectivity index (χ1v) is 7.55. The normalized spacial score (nSPS) is 11.4. The molecule has 0 spiro atoms. The average Bonchev–Trinajstić information content (AvgIpc) is 3.34. The fourth-order valence-electron chi connectivity index (χ4n) is 2.49. The molecule has 26 heavy (non-hydrogen) atoms. The molecule has 4 aromatic rings. The number of H-pyrrole nitrogens is 1.